The first-order chi connectivity index (χ1) is 16.9. The highest BCUT2D eigenvalue weighted by molar-refractivity contribution is 6.30. The third kappa shape index (κ3) is 7.69. The topological polar surface area (TPSA) is 49.4 Å². The van der Waals surface area contributed by atoms with Crippen LogP contribution in [0.2, 0.25) is 5.02 Å². The molecule has 0 aliphatic rings. The number of amides is 2. The fraction of sp³-hybridized carbons (Fsp3) is 0.333. The van der Waals surface area contributed by atoms with Gasteiger partial charge < -0.3 is 10.2 Å². The summed E-state index contributed by atoms with van der Waals surface area (Å²) < 4.78 is 0. The van der Waals surface area contributed by atoms with E-state index in [0.717, 1.165) is 16.7 Å². The van der Waals surface area contributed by atoms with Gasteiger partial charge in [-0.2, -0.15) is 0 Å². The SMILES string of the molecule is CC[C@H](C(=O)NCC(C)C)N(Cc1ccc(Cl)cc1)C(=O)CC(c1ccccc1)c1ccccc1. The van der Waals surface area contributed by atoms with Crippen molar-refractivity contribution in [3.05, 3.63) is 107 Å². The van der Waals surface area contributed by atoms with E-state index in [1.807, 2.05) is 67.6 Å². The van der Waals surface area contributed by atoms with Gasteiger partial charge in [-0.25, -0.2) is 0 Å². The van der Waals surface area contributed by atoms with Gasteiger partial charge in [-0.05, 0) is 41.2 Å². The monoisotopic (exact) mass is 490 g/mol. The largest absolute Gasteiger partial charge is 0.354 e. The van der Waals surface area contributed by atoms with Gasteiger partial charge in [0.25, 0.3) is 0 Å². The molecule has 3 aromatic rings. The lowest BCUT2D eigenvalue weighted by molar-refractivity contribution is -0.141. The molecule has 0 saturated heterocycles. The van der Waals surface area contributed by atoms with E-state index in [1.165, 1.54) is 0 Å². The Balaban J connectivity index is 1.92. The molecule has 5 heteroatoms. The molecular formula is C30H35ClN2O2. The van der Waals surface area contributed by atoms with Gasteiger partial charge in [0.15, 0.2) is 0 Å². The minimum Gasteiger partial charge on any atom is -0.354 e. The molecule has 0 unspecified atom stereocenters. The van der Waals surface area contributed by atoms with Gasteiger partial charge in [-0.3, -0.25) is 9.59 Å². The van der Waals surface area contributed by atoms with Gasteiger partial charge in [0, 0.05) is 30.5 Å². The van der Waals surface area contributed by atoms with E-state index in [-0.39, 0.29) is 24.2 Å². The highest BCUT2D eigenvalue weighted by Gasteiger charge is 2.30. The van der Waals surface area contributed by atoms with E-state index in [2.05, 4.69) is 43.4 Å². The third-order valence-electron chi connectivity index (χ3n) is 6.12. The average molecular weight is 491 g/mol. The zero-order valence-corrected chi connectivity index (χ0v) is 21.5. The van der Waals surface area contributed by atoms with Crippen LogP contribution in [0.3, 0.4) is 0 Å². The lowest BCUT2D eigenvalue weighted by Crippen LogP contribution is -2.49. The average Bonchev–Trinajstić information content (AvgIpc) is 2.88. The van der Waals surface area contributed by atoms with Crippen LogP contribution in [-0.4, -0.2) is 29.3 Å². The summed E-state index contributed by atoms with van der Waals surface area (Å²) in [5, 5.41) is 3.67. The van der Waals surface area contributed by atoms with Crippen molar-refractivity contribution in [3.63, 3.8) is 0 Å². The Bertz CT molecular complexity index is 1030. The summed E-state index contributed by atoms with van der Waals surface area (Å²) in [6.45, 7) is 6.99. The van der Waals surface area contributed by atoms with Crippen molar-refractivity contribution in [2.45, 2.75) is 52.1 Å². The summed E-state index contributed by atoms with van der Waals surface area (Å²) in [5.74, 6) is 0.0648. The molecule has 3 aromatic carbocycles. The molecule has 0 aliphatic heterocycles. The first-order valence-corrected chi connectivity index (χ1v) is 12.7. The van der Waals surface area contributed by atoms with Crippen molar-refractivity contribution in [2.75, 3.05) is 6.54 Å². The van der Waals surface area contributed by atoms with Crippen molar-refractivity contribution in [3.8, 4) is 0 Å². The van der Waals surface area contributed by atoms with Crippen molar-refractivity contribution < 1.29 is 9.59 Å². The first kappa shape index (κ1) is 26.5. The van der Waals surface area contributed by atoms with Crippen LogP contribution in [0.15, 0.2) is 84.9 Å². The molecule has 0 fully saturated rings. The van der Waals surface area contributed by atoms with Gasteiger partial charge in [0.1, 0.15) is 6.04 Å². The Hall–Kier alpha value is -3.11. The molecule has 35 heavy (non-hydrogen) atoms. The van der Waals surface area contributed by atoms with Crippen LogP contribution < -0.4 is 5.32 Å². The van der Waals surface area contributed by atoms with Crippen LogP contribution in [0.5, 0.6) is 0 Å². The molecule has 0 bridgehead atoms. The van der Waals surface area contributed by atoms with E-state index in [9.17, 15) is 9.59 Å². The molecule has 3 rings (SSSR count). The first-order valence-electron chi connectivity index (χ1n) is 12.3. The molecule has 2 amide bonds. The fourth-order valence-corrected chi connectivity index (χ4v) is 4.35. The second-order valence-corrected chi connectivity index (χ2v) is 9.73. The Morgan fingerprint density at radius 1 is 0.857 bits per heavy atom. The predicted octanol–water partition coefficient (Wildman–Crippen LogP) is 6.44. The number of hydrogen-bond acceptors (Lipinski definition) is 2. The van der Waals surface area contributed by atoms with Gasteiger partial charge in [0.05, 0.1) is 0 Å². The molecule has 0 radical (unpaired) electrons. The van der Waals surface area contributed by atoms with E-state index in [4.69, 9.17) is 11.6 Å². The Labute approximate surface area is 214 Å². The summed E-state index contributed by atoms with van der Waals surface area (Å²) >= 11 is 6.08. The van der Waals surface area contributed by atoms with E-state index in [0.29, 0.717) is 30.5 Å². The third-order valence-corrected chi connectivity index (χ3v) is 6.37. The van der Waals surface area contributed by atoms with Crippen molar-refractivity contribution >= 4 is 23.4 Å². The summed E-state index contributed by atoms with van der Waals surface area (Å²) in [7, 11) is 0. The number of benzene rings is 3. The number of rotatable bonds is 11. The molecule has 0 saturated carbocycles. The van der Waals surface area contributed by atoms with Gasteiger partial charge >= 0.3 is 0 Å². The van der Waals surface area contributed by atoms with Crippen LogP contribution in [0, 0.1) is 5.92 Å². The zero-order valence-electron chi connectivity index (χ0n) is 20.8. The van der Waals surface area contributed by atoms with E-state index in [1.54, 1.807) is 4.90 Å². The lowest BCUT2D eigenvalue weighted by Gasteiger charge is -2.32. The lowest BCUT2D eigenvalue weighted by atomic mass is 9.88. The molecule has 184 valence electrons. The molecule has 1 atom stereocenters. The second kappa shape index (κ2) is 13.1. The van der Waals surface area contributed by atoms with E-state index >= 15 is 0 Å². The smallest absolute Gasteiger partial charge is 0.242 e. The summed E-state index contributed by atoms with van der Waals surface area (Å²) in [4.78, 5) is 28.8. The zero-order chi connectivity index (χ0) is 25.2. The van der Waals surface area contributed by atoms with Crippen LogP contribution in [0.4, 0.5) is 0 Å². The van der Waals surface area contributed by atoms with Gasteiger partial charge in [-0.15, -0.1) is 0 Å². The van der Waals surface area contributed by atoms with Crippen LogP contribution in [0.1, 0.15) is 56.2 Å². The molecule has 0 spiro atoms. The summed E-state index contributed by atoms with van der Waals surface area (Å²) in [6, 6.07) is 27.1. The normalized spacial score (nSPS) is 11.9. The second-order valence-electron chi connectivity index (χ2n) is 9.29. The Morgan fingerprint density at radius 3 is 1.89 bits per heavy atom. The molecule has 0 aliphatic carbocycles. The van der Waals surface area contributed by atoms with Gasteiger partial charge in [0.2, 0.25) is 11.8 Å². The molecular weight excluding hydrogens is 456 g/mol. The summed E-state index contributed by atoms with van der Waals surface area (Å²) in [5.41, 5.74) is 3.10. The molecule has 0 aromatic heterocycles. The van der Waals surface area contributed by atoms with Crippen molar-refractivity contribution in [1.29, 1.82) is 0 Å². The van der Waals surface area contributed by atoms with Crippen LogP contribution in [0.25, 0.3) is 0 Å². The Kier molecular flexibility index (Phi) is 9.92. The maximum Gasteiger partial charge on any atom is 0.242 e. The highest BCUT2D eigenvalue weighted by Crippen LogP contribution is 2.29. The fourth-order valence-electron chi connectivity index (χ4n) is 4.22. The van der Waals surface area contributed by atoms with Crippen molar-refractivity contribution in [1.82, 2.24) is 10.2 Å². The van der Waals surface area contributed by atoms with Crippen LogP contribution in [-0.2, 0) is 16.1 Å². The molecule has 4 nitrogen and oxygen atoms in total. The highest BCUT2D eigenvalue weighted by atomic mass is 35.5. The summed E-state index contributed by atoms with van der Waals surface area (Å²) in [6.07, 6.45) is 0.806. The van der Waals surface area contributed by atoms with Crippen LogP contribution >= 0.6 is 11.6 Å². The maximum absolute atomic E-state index is 13.9. The number of halogens is 1. The standard InChI is InChI=1S/C30H35ClN2O2/c1-4-28(30(35)32-20-22(2)3)33(21-23-15-17-26(31)18-16-23)29(34)19-27(24-11-7-5-8-12-24)25-13-9-6-10-14-25/h5-18,22,27-28H,4,19-21H2,1-3H3,(H,32,35)/t28-/m1/s1. The number of nitrogens with one attached hydrogen (secondary N) is 1. The number of carbonyl (C=O) groups excluding carboxylic acids is 2. The number of carbonyl (C=O) groups is 2. The molecule has 0 heterocycles. The maximum atomic E-state index is 13.9. The Morgan fingerprint density at radius 2 is 1.40 bits per heavy atom. The van der Waals surface area contributed by atoms with Crippen molar-refractivity contribution in [2.24, 2.45) is 5.92 Å². The minimum atomic E-state index is -0.552. The number of nitrogens with zero attached hydrogens (tertiary/aromatic N) is 1. The minimum absolute atomic E-state index is 0.0517. The van der Waals surface area contributed by atoms with E-state index < -0.39 is 6.04 Å². The predicted molar refractivity (Wildman–Crippen MR) is 143 cm³/mol. The quantitative estimate of drug-likeness (QED) is 0.336. The number of hydrogen-bond donors (Lipinski definition) is 1. The van der Waals surface area contributed by atoms with Gasteiger partial charge in [-0.1, -0.05) is 105 Å². The molecule has 1 N–H and O–H groups in total.